The molecule has 0 radical (unpaired) electrons. The molecule has 0 aliphatic carbocycles. The molecule has 0 aliphatic heterocycles. The Morgan fingerprint density at radius 3 is 2.17 bits per heavy atom. The average Bonchev–Trinajstić information content (AvgIpc) is 2.44. The third-order valence-corrected chi connectivity index (χ3v) is 5.49. The number of carbonyl (C=O) groups is 2. The zero-order valence-corrected chi connectivity index (χ0v) is 17.3. The Hall–Kier alpha value is -1.28. The van der Waals surface area contributed by atoms with Crippen LogP contribution in [-0.4, -0.2) is 33.9 Å². The molecule has 0 heterocycles. The lowest BCUT2D eigenvalue weighted by molar-refractivity contribution is -0.139. The van der Waals surface area contributed by atoms with Crippen LogP contribution in [0.4, 0.5) is 4.79 Å². The Bertz CT molecular complexity index is 638. The second-order valence-electron chi connectivity index (χ2n) is 6.45. The number of alkyl carbamates (subject to hydrolysis) is 1. The van der Waals surface area contributed by atoms with Gasteiger partial charge in [-0.25, -0.2) is 9.59 Å². The summed E-state index contributed by atoms with van der Waals surface area (Å²) in [6.07, 6.45) is -0.902. The number of halogens is 2. The standard InChI is InChI=1S/C16H21Br2NO5/c1-7-9(13(20)12(18)8(2)11(7)17)6-10(14(21)22)19-15(23)24-16(3,4)5/h10,20H,6H2,1-5H3,(H,19,23)(H,21,22). The van der Waals surface area contributed by atoms with E-state index in [4.69, 9.17) is 4.74 Å². The van der Waals surface area contributed by atoms with Crippen LogP contribution in [-0.2, 0) is 16.0 Å². The van der Waals surface area contributed by atoms with Crippen molar-refractivity contribution in [3.05, 3.63) is 25.6 Å². The first kappa shape index (κ1) is 20.8. The van der Waals surface area contributed by atoms with Gasteiger partial charge in [-0.3, -0.25) is 0 Å². The molecule has 0 fully saturated rings. The molecule has 24 heavy (non-hydrogen) atoms. The highest BCUT2D eigenvalue weighted by molar-refractivity contribution is 9.11. The molecular formula is C16H21Br2NO5. The van der Waals surface area contributed by atoms with Crippen LogP contribution in [0, 0.1) is 13.8 Å². The fourth-order valence-electron chi connectivity index (χ4n) is 2.10. The van der Waals surface area contributed by atoms with Crippen molar-refractivity contribution in [1.29, 1.82) is 0 Å². The van der Waals surface area contributed by atoms with Crippen molar-refractivity contribution in [2.45, 2.75) is 52.7 Å². The van der Waals surface area contributed by atoms with Crippen LogP contribution in [0.25, 0.3) is 0 Å². The number of aliphatic carboxylic acids is 1. The van der Waals surface area contributed by atoms with E-state index in [1.165, 1.54) is 0 Å². The highest BCUT2D eigenvalue weighted by Gasteiger charge is 2.27. The van der Waals surface area contributed by atoms with Gasteiger partial charge in [-0.1, -0.05) is 15.9 Å². The monoisotopic (exact) mass is 465 g/mol. The maximum atomic E-state index is 11.8. The quantitative estimate of drug-likeness (QED) is 0.621. The van der Waals surface area contributed by atoms with E-state index in [2.05, 4.69) is 37.2 Å². The Kier molecular flexibility index (Phi) is 6.69. The fourth-order valence-corrected chi connectivity index (χ4v) is 3.24. The molecule has 1 aromatic rings. The number of carbonyl (C=O) groups excluding carboxylic acids is 1. The van der Waals surface area contributed by atoms with Gasteiger partial charge in [0.25, 0.3) is 0 Å². The van der Waals surface area contributed by atoms with Crippen LogP contribution in [0.15, 0.2) is 8.95 Å². The highest BCUT2D eigenvalue weighted by Crippen LogP contribution is 2.39. The van der Waals surface area contributed by atoms with Crippen molar-refractivity contribution in [2.75, 3.05) is 0 Å². The van der Waals surface area contributed by atoms with Crippen LogP contribution in [0.1, 0.15) is 37.5 Å². The summed E-state index contributed by atoms with van der Waals surface area (Å²) in [5, 5.41) is 22.0. The molecule has 3 N–H and O–H groups in total. The van der Waals surface area contributed by atoms with Gasteiger partial charge < -0.3 is 20.3 Å². The van der Waals surface area contributed by atoms with Gasteiger partial charge in [-0.2, -0.15) is 0 Å². The van der Waals surface area contributed by atoms with Crippen molar-refractivity contribution in [3.8, 4) is 5.75 Å². The molecule has 6 nitrogen and oxygen atoms in total. The first-order valence-corrected chi connectivity index (χ1v) is 8.82. The van der Waals surface area contributed by atoms with E-state index in [9.17, 15) is 19.8 Å². The van der Waals surface area contributed by atoms with Crippen molar-refractivity contribution < 1.29 is 24.5 Å². The van der Waals surface area contributed by atoms with Gasteiger partial charge in [0.15, 0.2) is 0 Å². The molecule has 1 rings (SSSR count). The summed E-state index contributed by atoms with van der Waals surface area (Å²) < 4.78 is 6.34. The van der Waals surface area contributed by atoms with Gasteiger partial charge in [0.05, 0.1) is 4.47 Å². The Morgan fingerprint density at radius 1 is 1.17 bits per heavy atom. The normalized spacial score (nSPS) is 12.6. The summed E-state index contributed by atoms with van der Waals surface area (Å²) in [5.41, 5.74) is 1.22. The van der Waals surface area contributed by atoms with Gasteiger partial charge in [0.1, 0.15) is 17.4 Å². The zero-order valence-electron chi connectivity index (χ0n) is 14.2. The summed E-state index contributed by atoms with van der Waals surface area (Å²) in [6, 6.07) is -1.23. The minimum Gasteiger partial charge on any atom is -0.506 e. The van der Waals surface area contributed by atoms with Gasteiger partial charge in [-0.15, -0.1) is 0 Å². The van der Waals surface area contributed by atoms with Gasteiger partial charge in [0, 0.05) is 16.5 Å². The average molecular weight is 467 g/mol. The predicted molar refractivity (Wildman–Crippen MR) is 97.5 cm³/mol. The molecule has 1 atom stereocenters. The van der Waals surface area contributed by atoms with Crippen LogP contribution in [0.5, 0.6) is 5.75 Å². The number of amides is 1. The molecule has 0 bridgehead atoms. The molecule has 1 amide bonds. The SMILES string of the molecule is Cc1c(Br)c(C)c(CC(NC(=O)OC(C)(C)C)C(=O)O)c(O)c1Br. The molecule has 0 spiro atoms. The number of carboxylic acid groups (broad SMARTS) is 1. The smallest absolute Gasteiger partial charge is 0.408 e. The topological polar surface area (TPSA) is 95.9 Å². The number of phenols is 1. The lowest BCUT2D eigenvalue weighted by atomic mass is 9.98. The summed E-state index contributed by atoms with van der Waals surface area (Å²) in [7, 11) is 0. The van der Waals surface area contributed by atoms with Crippen molar-refractivity contribution in [1.82, 2.24) is 5.32 Å². The Morgan fingerprint density at radius 2 is 1.71 bits per heavy atom. The number of hydrogen-bond donors (Lipinski definition) is 3. The number of hydrogen-bond acceptors (Lipinski definition) is 4. The van der Waals surface area contributed by atoms with Crippen LogP contribution < -0.4 is 5.32 Å². The molecule has 134 valence electrons. The number of aromatic hydroxyl groups is 1. The number of rotatable bonds is 4. The van der Waals surface area contributed by atoms with Gasteiger partial charge in [0.2, 0.25) is 0 Å². The molecule has 1 aromatic carbocycles. The van der Waals surface area contributed by atoms with E-state index < -0.39 is 23.7 Å². The Balaban J connectivity index is 3.11. The molecule has 0 saturated carbocycles. The molecule has 0 aliphatic rings. The molecule has 0 saturated heterocycles. The number of phenolic OH excluding ortho intramolecular Hbond substituents is 1. The minimum absolute atomic E-state index is 0.0366. The summed E-state index contributed by atoms with van der Waals surface area (Å²) >= 11 is 6.73. The molecule has 0 aromatic heterocycles. The second-order valence-corrected chi connectivity index (χ2v) is 8.03. The second kappa shape index (κ2) is 7.74. The van der Waals surface area contributed by atoms with Crippen molar-refractivity contribution in [3.63, 3.8) is 0 Å². The first-order valence-electron chi connectivity index (χ1n) is 7.23. The third-order valence-electron chi connectivity index (χ3n) is 3.33. The number of ether oxygens (including phenoxy) is 1. The van der Waals surface area contributed by atoms with Crippen LogP contribution >= 0.6 is 31.9 Å². The van der Waals surface area contributed by atoms with E-state index in [1.54, 1.807) is 27.7 Å². The van der Waals surface area contributed by atoms with Crippen molar-refractivity contribution >= 4 is 43.9 Å². The maximum Gasteiger partial charge on any atom is 0.408 e. The maximum absolute atomic E-state index is 11.8. The molecular weight excluding hydrogens is 446 g/mol. The Labute approximate surface area is 157 Å². The summed E-state index contributed by atoms with van der Waals surface area (Å²) in [5.74, 6) is -1.25. The minimum atomic E-state index is -1.23. The lowest BCUT2D eigenvalue weighted by Gasteiger charge is -2.23. The van der Waals surface area contributed by atoms with E-state index in [0.717, 1.165) is 10.0 Å². The lowest BCUT2D eigenvalue weighted by Crippen LogP contribution is -2.44. The summed E-state index contributed by atoms with van der Waals surface area (Å²) in [4.78, 5) is 23.3. The van der Waals surface area contributed by atoms with Gasteiger partial charge >= 0.3 is 12.1 Å². The molecule has 8 heteroatoms. The van der Waals surface area contributed by atoms with E-state index >= 15 is 0 Å². The van der Waals surface area contributed by atoms with Gasteiger partial charge in [-0.05, 0) is 61.7 Å². The number of nitrogens with one attached hydrogen (secondary N) is 1. The van der Waals surface area contributed by atoms with Crippen molar-refractivity contribution in [2.24, 2.45) is 0 Å². The third kappa shape index (κ3) is 5.11. The summed E-state index contributed by atoms with van der Waals surface area (Å²) in [6.45, 7) is 8.65. The zero-order chi connectivity index (χ0) is 18.8. The first-order chi connectivity index (χ1) is 10.8. The van der Waals surface area contributed by atoms with E-state index in [0.29, 0.717) is 15.6 Å². The number of benzene rings is 1. The molecule has 1 unspecified atom stereocenters. The van der Waals surface area contributed by atoms with E-state index in [-0.39, 0.29) is 12.2 Å². The largest absolute Gasteiger partial charge is 0.506 e. The van der Waals surface area contributed by atoms with Crippen LogP contribution in [0.2, 0.25) is 0 Å². The fraction of sp³-hybridized carbons (Fsp3) is 0.500. The van der Waals surface area contributed by atoms with Crippen LogP contribution in [0.3, 0.4) is 0 Å². The highest BCUT2D eigenvalue weighted by atomic mass is 79.9. The predicted octanol–water partition coefficient (Wildman–Crippen LogP) is 4.05. The number of carboxylic acids is 1. The van der Waals surface area contributed by atoms with E-state index in [1.807, 2.05) is 6.92 Å².